The Kier molecular flexibility index (Phi) is 5.04. The molecule has 20 heavy (non-hydrogen) atoms. The van der Waals surface area contributed by atoms with Gasteiger partial charge in [-0.1, -0.05) is 45.7 Å². The van der Waals surface area contributed by atoms with Crippen LogP contribution in [-0.2, 0) is 4.79 Å². The van der Waals surface area contributed by atoms with Crippen molar-refractivity contribution < 1.29 is 9.53 Å². The third kappa shape index (κ3) is 3.74. The quantitative estimate of drug-likeness (QED) is 0.825. The van der Waals surface area contributed by atoms with Crippen LogP contribution in [0.4, 0.5) is 5.69 Å². The van der Waals surface area contributed by atoms with E-state index in [1.54, 1.807) is 24.1 Å². The van der Waals surface area contributed by atoms with Crippen LogP contribution in [0.15, 0.2) is 53.0 Å². The topological polar surface area (TPSA) is 29.5 Å². The van der Waals surface area contributed by atoms with E-state index in [1.165, 1.54) is 0 Å². The summed E-state index contributed by atoms with van der Waals surface area (Å²) in [4.78, 5) is 13.6. The Labute approximate surface area is 131 Å². The predicted molar refractivity (Wildman–Crippen MR) is 84.5 cm³/mol. The standard InChI is InChI=1S/C15H13BrClNO2/c1-18(12-5-3-2-4-6-12)15(19)10-20-14-9-11(16)7-8-13(14)17/h2-9H,10H2,1H3. The molecule has 0 saturated heterocycles. The maximum Gasteiger partial charge on any atom is 0.264 e. The van der Waals surface area contributed by atoms with Crippen LogP contribution in [0, 0.1) is 0 Å². The monoisotopic (exact) mass is 353 g/mol. The Morgan fingerprint density at radius 3 is 2.65 bits per heavy atom. The predicted octanol–water partition coefficient (Wildman–Crippen LogP) is 4.14. The lowest BCUT2D eigenvalue weighted by molar-refractivity contribution is -0.120. The third-order valence-corrected chi connectivity index (χ3v) is 3.57. The van der Waals surface area contributed by atoms with Crippen molar-refractivity contribution in [1.82, 2.24) is 0 Å². The van der Waals surface area contributed by atoms with Crippen molar-refractivity contribution in [2.45, 2.75) is 0 Å². The smallest absolute Gasteiger partial charge is 0.264 e. The summed E-state index contributed by atoms with van der Waals surface area (Å²) in [5.74, 6) is 0.336. The number of hydrogen-bond acceptors (Lipinski definition) is 2. The molecular weight excluding hydrogens is 342 g/mol. The van der Waals surface area contributed by atoms with E-state index in [9.17, 15) is 4.79 Å². The first-order valence-electron chi connectivity index (χ1n) is 5.97. The van der Waals surface area contributed by atoms with E-state index in [-0.39, 0.29) is 12.5 Å². The summed E-state index contributed by atoms with van der Waals surface area (Å²) >= 11 is 9.34. The molecule has 2 rings (SSSR count). The van der Waals surface area contributed by atoms with E-state index in [2.05, 4.69) is 15.9 Å². The molecule has 0 aliphatic heterocycles. The van der Waals surface area contributed by atoms with Crippen LogP contribution in [-0.4, -0.2) is 19.6 Å². The molecule has 0 aromatic heterocycles. The molecule has 0 spiro atoms. The van der Waals surface area contributed by atoms with E-state index in [4.69, 9.17) is 16.3 Å². The van der Waals surface area contributed by atoms with Crippen molar-refractivity contribution in [2.24, 2.45) is 0 Å². The van der Waals surface area contributed by atoms with Gasteiger partial charge in [-0.3, -0.25) is 4.79 Å². The van der Waals surface area contributed by atoms with Crippen molar-refractivity contribution in [2.75, 3.05) is 18.6 Å². The minimum atomic E-state index is -0.146. The summed E-state index contributed by atoms with van der Waals surface area (Å²) in [5.41, 5.74) is 0.821. The van der Waals surface area contributed by atoms with Crippen LogP contribution in [0.5, 0.6) is 5.75 Å². The number of halogens is 2. The lowest BCUT2D eigenvalue weighted by atomic mass is 10.3. The highest BCUT2D eigenvalue weighted by Gasteiger charge is 2.12. The van der Waals surface area contributed by atoms with Gasteiger partial charge < -0.3 is 9.64 Å². The van der Waals surface area contributed by atoms with Crippen LogP contribution in [0.3, 0.4) is 0 Å². The summed E-state index contributed by atoms with van der Waals surface area (Å²) in [5, 5.41) is 0.475. The number of benzene rings is 2. The number of amides is 1. The largest absolute Gasteiger partial charge is 0.482 e. The van der Waals surface area contributed by atoms with E-state index >= 15 is 0 Å². The maximum atomic E-state index is 12.1. The number of carbonyl (C=O) groups excluding carboxylic acids is 1. The lowest BCUT2D eigenvalue weighted by Crippen LogP contribution is -2.31. The van der Waals surface area contributed by atoms with Gasteiger partial charge in [0.1, 0.15) is 5.75 Å². The number of hydrogen-bond donors (Lipinski definition) is 0. The molecule has 1 amide bonds. The molecule has 3 nitrogen and oxygen atoms in total. The van der Waals surface area contributed by atoms with Crippen LogP contribution >= 0.6 is 27.5 Å². The number of carbonyl (C=O) groups is 1. The zero-order valence-electron chi connectivity index (χ0n) is 10.8. The SMILES string of the molecule is CN(C(=O)COc1cc(Br)ccc1Cl)c1ccccc1. The second kappa shape index (κ2) is 6.77. The van der Waals surface area contributed by atoms with Crippen molar-refractivity contribution in [3.63, 3.8) is 0 Å². The van der Waals surface area contributed by atoms with Gasteiger partial charge in [0, 0.05) is 17.2 Å². The van der Waals surface area contributed by atoms with Gasteiger partial charge in [-0.25, -0.2) is 0 Å². The van der Waals surface area contributed by atoms with Crippen LogP contribution in [0.25, 0.3) is 0 Å². The van der Waals surface area contributed by atoms with Crippen LogP contribution < -0.4 is 9.64 Å². The number of nitrogens with zero attached hydrogens (tertiary/aromatic N) is 1. The van der Waals surface area contributed by atoms with Crippen molar-refractivity contribution in [3.05, 3.63) is 58.0 Å². The molecule has 0 unspecified atom stereocenters. The number of rotatable bonds is 4. The van der Waals surface area contributed by atoms with Gasteiger partial charge in [-0.15, -0.1) is 0 Å². The number of para-hydroxylation sites is 1. The Bertz CT molecular complexity index is 604. The summed E-state index contributed by atoms with van der Waals surface area (Å²) in [6.07, 6.45) is 0. The van der Waals surface area contributed by atoms with Gasteiger partial charge in [0.2, 0.25) is 0 Å². The van der Waals surface area contributed by atoms with Gasteiger partial charge >= 0.3 is 0 Å². The molecule has 0 saturated carbocycles. The highest BCUT2D eigenvalue weighted by atomic mass is 79.9. The third-order valence-electron chi connectivity index (χ3n) is 2.76. The highest BCUT2D eigenvalue weighted by molar-refractivity contribution is 9.10. The second-order valence-electron chi connectivity index (χ2n) is 4.15. The summed E-state index contributed by atoms with van der Waals surface area (Å²) in [7, 11) is 1.71. The molecule has 0 radical (unpaired) electrons. The molecule has 0 fully saturated rings. The Balaban J connectivity index is 2.00. The molecule has 0 heterocycles. The minimum Gasteiger partial charge on any atom is -0.482 e. The van der Waals surface area contributed by atoms with Gasteiger partial charge in [0.15, 0.2) is 6.61 Å². The van der Waals surface area contributed by atoms with Crippen molar-refractivity contribution >= 4 is 39.1 Å². The van der Waals surface area contributed by atoms with E-state index in [1.807, 2.05) is 36.4 Å². The Morgan fingerprint density at radius 1 is 1.25 bits per heavy atom. The zero-order chi connectivity index (χ0) is 14.5. The Hall–Kier alpha value is -1.52. The molecule has 104 valence electrons. The summed E-state index contributed by atoms with van der Waals surface area (Å²) in [6, 6.07) is 14.7. The molecule has 0 atom stereocenters. The number of ether oxygens (including phenoxy) is 1. The summed E-state index contributed by atoms with van der Waals surface area (Å²) in [6.45, 7) is -0.0679. The molecule has 5 heteroatoms. The number of anilines is 1. The van der Waals surface area contributed by atoms with E-state index in [0.29, 0.717) is 10.8 Å². The zero-order valence-corrected chi connectivity index (χ0v) is 13.2. The highest BCUT2D eigenvalue weighted by Crippen LogP contribution is 2.28. The Morgan fingerprint density at radius 2 is 1.95 bits per heavy atom. The first kappa shape index (κ1) is 14.9. The second-order valence-corrected chi connectivity index (χ2v) is 5.47. The number of likely N-dealkylation sites (N-methyl/N-ethyl adjacent to an activating group) is 1. The molecule has 0 aliphatic carbocycles. The molecule has 2 aromatic rings. The fraction of sp³-hybridized carbons (Fsp3) is 0.133. The lowest BCUT2D eigenvalue weighted by Gasteiger charge is -2.17. The van der Waals surface area contributed by atoms with Gasteiger partial charge in [0.05, 0.1) is 5.02 Å². The molecule has 0 aliphatic rings. The summed E-state index contributed by atoms with van der Waals surface area (Å²) < 4.78 is 6.32. The average molecular weight is 355 g/mol. The minimum absolute atomic E-state index is 0.0679. The fourth-order valence-electron chi connectivity index (χ4n) is 1.62. The van der Waals surface area contributed by atoms with E-state index < -0.39 is 0 Å². The maximum absolute atomic E-state index is 12.1. The fourth-order valence-corrected chi connectivity index (χ4v) is 2.13. The van der Waals surface area contributed by atoms with Crippen LogP contribution in [0.1, 0.15) is 0 Å². The van der Waals surface area contributed by atoms with E-state index in [0.717, 1.165) is 10.2 Å². The van der Waals surface area contributed by atoms with Crippen molar-refractivity contribution in [3.8, 4) is 5.75 Å². The molecule has 0 bridgehead atoms. The van der Waals surface area contributed by atoms with Gasteiger partial charge in [0.25, 0.3) is 5.91 Å². The average Bonchev–Trinajstić information content (AvgIpc) is 2.48. The molecule has 0 N–H and O–H groups in total. The van der Waals surface area contributed by atoms with Gasteiger partial charge in [-0.05, 0) is 30.3 Å². The first-order valence-corrected chi connectivity index (χ1v) is 7.14. The first-order chi connectivity index (χ1) is 9.58. The molecule has 2 aromatic carbocycles. The normalized spacial score (nSPS) is 10.2. The molecular formula is C15H13BrClNO2. The van der Waals surface area contributed by atoms with Crippen molar-refractivity contribution in [1.29, 1.82) is 0 Å². The van der Waals surface area contributed by atoms with Gasteiger partial charge in [-0.2, -0.15) is 0 Å². The van der Waals surface area contributed by atoms with Crippen LogP contribution in [0.2, 0.25) is 5.02 Å².